The van der Waals surface area contributed by atoms with Crippen LogP contribution in [-0.2, 0) is 69.5 Å². The van der Waals surface area contributed by atoms with Crippen LogP contribution < -0.4 is 20.1 Å². The molecule has 7 rings (SSSR count). The van der Waals surface area contributed by atoms with Crippen molar-refractivity contribution in [3.8, 4) is 22.6 Å². The highest BCUT2D eigenvalue weighted by atomic mass is 32.1. The van der Waals surface area contributed by atoms with Crippen molar-refractivity contribution in [2.24, 2.45) is 12.5 Å². The monoisotopic (exact) mass is 1320 g/mol. The summed E-state index contributed by atoms with van der Waals surface area (Å²) in [6.07, 6.45) is -14.2. The molecule has 2 aromatic carbocycles. The fraction of sp³-hybridized carbons (Fsp3) is 0.541. The molecule has 2 aliphatic heterocycles. The number of carboxylic acid groups (broad SMARTS) is 1. The van der Waals surface area contributed by atoms with Crippen LogP contribution in [-0.4, -0.2) is 194 Å². The molecule has 510 valence electrons. The van der Waals surface area contributed by atoms with Gasteiger partial charge < -0.3 is 84.3 Å². The van der Waals surface area contributed by atoms with Gasteiger partial charge in [0.2, 0.25) is 35.7 Å². The number of imidazole rings is 1. The van der Waals surface area contributed by atoms with E-state index in [2.05, 4.69) is 33.3 Å². The lowest BCUT2D eigenvalue weighted by molar-refractivity contribution is -0.383. The molecule has 2 fully saturated rings. The van der Waals surface area contributed by atoms with Gasteiger partial charge in [-0.1, -0.05) is 68.4 Å². The number of carboxylic acids is 1. The van der Waals surface area contributed by atoms with Crippen LogP contribution in [0.25, 0.3) is 16.8 Å². The van der Waals surface area contributed by atoms with Gasteiger partial charge in [-0.3, -0.25) is 28.8 Å². The Bertz CT molecular complexity index is 3280. The first kappa shape index (κ1) is 77.0. The van der Waals surface area contributed by atoms with E-state index in [4.69, 9.17) is 28.4 Å². The number of ether oxygens (including phenoxy) is 6. The molecule has 92 heavy (non-hydrogen) atoms. The standard InChI is InChI=1S/C55H68F2N8O20S.3C2H6/c1-28-32(43(61-62(28)5)49(72)54(2,3)4)13-18-82-47-33(8-9-34(56)42(47)57)30-7-11-38-59-24-31(64(38)25-30)26-65(55(77,78)79)53(76)83-27-29-6-10-36(84-52-46(71)44(69)45(70)48(85-52)51(74)75)35(22-29)60-40(67)12-15-58-39(66)14-17-80-20-21-81-19-16-63-41(68)23-37(86)50(63)73;3*1-2/h6-11,22,24-25,37,44-46,48-49,52,69-72,77-79,86H,12-21,23,26-27H2,1-5H3,(H,58,66)(H,60,67)(H,74,75);3*1-2H3. The molecule has 7 atom stereocenters. The van der Waals surface area contributed by atoms with Gasteiger partial charge in [-0.15, -0.1) is 0 Å². The molecule has 0 bridgehead atoms. The van der Waals surface area contributed by atoms with Crippen molar-refractivity contribution in [1.82, 2.24) is 34.3 Å². The van der Waals surface area contributed by atoms with Crippen molar-refractivity contribution in [1.29, 1.82) is 0 Å². The number of anilines is 1. The summed E-state index contributed by atoms with van der Waals surface area (Å²) in [7, 11) is 1.72. The number of carbonyl (C=O) groups is 6. The van der Waals surface area contributed by atoms with E-state index in [1.54, 1.807) is 18.7 Å². The van der Waals surface area contributed by atoms with Crippen LogP contribution in [0.5, 0.6) is 11.5 Å². The first-order valence-corrected chi connectivity index (χ1v) is 30.4. The molecule has 28 nitrogen and oxygen atoms in total. The Kier molecular flexibility index (Phi) is 29.8. The predicted molar refractivity (Wildman–Crippen MR) is 329 cm³/mol. The molecule has 0 aliphatic carbocycles. The number of aliphatic hydroxyl groups excluding tert-OH is 4. The molecular formula is C61H86F2N8O20S. The normalized spacial score (nSPS) is 18.3. The minimum atomic E-state index is -3.88. The number of aliphatic hydroxyl groups is 7. The van der Waals surface area contributed by atoms with E-state index in [1.165, 1.54) is 47.1 Å². The number of hydrogen-bond acceptors (Lipinski definition) is 22. The lowest BCUT2D eigenvalue weighted by Crippen LogP contribution is -2.61. The summed E-state index contributed by atoms with van der Waals surface area (Å²) in [5, 5.41) is 92.3. The van der Waals surface area contributed by atoms with E-state index >= 15 is 4.39 Å². The Labute approximate surface area is 536 Å². The van der Waals surface area contributed by atoms with Crippen LogP contribution in [0.1, 0.15) is 116 Å². The second kappa shape index (κ2) is 35.6. The zero-order valence-corrected chi connectivity index (χ0v) is 54.2. The summed E-state index contributed by atoms with van der Waals surface area (Å²) >= 11 is 4.07. The number of rotatable bonds is 27. The van der Waals surface area contributed by atoms with Crippen molar-refractivity contribution in [2.45, 2.75) is 156 Å². The van der Waals surface area contributed by atoms with E-state index in [1.807, 2.05) is 62.3 Å². The summed E-state index contributed by atoms with van der Waals surface area (Å²) in [6.45, 7) is 17.8. The zero-order valence-electron chi connectivity index (χ0n) is 53.3. The maximum absolute atomic E-state index is 15.7. The number of likely N-dealkylation sites (tertiary alicyclic amines) is 1. The molecule has 10 N–H and O–H groups in total. The van der Waals surface area contributed by atoms with Crippen molar-refractivity contribution >= 4 is 59.7 Å². The number of amides is 5. The highest BCUT2D eigenvalue weighted by Crippen LogP contribution is 2.38. The Balaban J connectivity index is 0.00000292. The molecule has 31 heteroatoms. The van der Waals surface area contributed by atoms with Gasteiger partial charge in [0.15, 0.2) is 17.7 Å². The van der Waals surface area contributed by atoms with Crippen LogP contribution >= 0.6 is 12.6 Å². The SMILES string of the molecule is CC.CC.CC.Cc1c(CCOc2c(-c3ccc4ncc(CN(C(=O)OCc5ccc(OC6OC(C(=O)O)C(O)C(O)C6O)c(NC(=O)CCNC(=O)CCOCCOCCN6C(=O)CC(S)C6=O)c5)C(O)(O)O)n4c3)ccc(F)c2F)c(C(O)C(C)(C)C)nn1C. The summed E-state index contributed by atoms with van der Waals surface area (Å²) in [6, 6.07) is 8.79. The second-order valence-electron chi connectivity index (χ2n) is 21.2. The lowest BCUT2D eigenvalue weighted by Gasteiger charge is -2.38. The molecule has 5 heterocycles. The Morgan fingerprint density at radius 1 is 0.880 bits per heavy atom. The molecule has 0 spiro atoms. The number of aryl methyl sites for hydroxylation is 1. The number of aromatic nitrogens is 4. The Hall–Kier alpha value is -7.43. The summed E-state index contributed by atoms with van der Waals surface area (Å²) in [4.78, 5) is 80.6. The maximum Gasteiger partial charge on any atom is 0.416 e. The van der Waals surface area contributed by atoms with Crippen molar-refractivity contribution in [3.05, 3.63) is 94.7 Å². The van der Waals surface area contributed by atoms with Gasteiger partial charge in [0.25, 0.3) is 0 Å². The molecule has 0 radical (unpaired) electrons. The molecule has 5 aromatic rings. The number of pyridine rings is 1. The van der Waals surface area contributed by atoms with Crippen LogP contribution in [0.3, 0.4) is 0 Å². The number of thiol groups is 1. The number of nitrogens with one attached hydrogen (secondary N) is 2. The quantitative estimate of drug-likeness (QED) is 0.0153. The largest absolute Gasteiger partial charge is 0.489 e. The molecule has 5 amide bonds. The zero-order chi connectivity index (χ0) is 68.9. The van der Waals surface area contributed by atoms with Gasteiger partial charge in [-0.05, 0) is 54.3 Å². The van der Waals surface area contributed by atoms with E-state index in [0.29, 0.717) is 11.3 Å². The summed E-state index contributed by atoms with van der Waals surface area (Å²) in [5.74, 6) is -6.96. The number of aliphatic carboxylic acids is 1. The number of nitrogens with zero attached hydrogens (tertiary/aromatic N) is 6. The minimum Gasteiger partial charge on any atom is -0.489 e. The molecular weight excluding hydrogens is 1230 g/mol. The summed E-state index contributed by atoms with van der Waals surface area (Å²) < 4.78 is 66.5. The van der Waals surface area contributed by atoms with Gasteiger partial charge in [-0.2, -0.15) is 22.1 Å². The van der Waals surface area contributed by atoms with E-state index in [9.17, 15) is 74.0 Å². The first-order valence-electron chi connectivity index (χ1n) is 29.9. The molecule has 2 aliphatic rings. The third-order valence-corrected chi connectivity index (χ3v) is 14.4. The molecule has 2 saturated heterocycles. The minimum absolute atomic E-state index is 0.0210. The number of imide groups is 1. The van der Waals surface area contributed by atoms with Crippen molar-refractivity contribution in [3.63, 3.8) is 0 Å². The van der Waals surface area contributed by atoms with Gasteiger partial charge in [0.05, 0.1) is 74.6 Å². The van der Waals surface area contributed by atoms with Crippen molar-refractivity contribution in [2.75, 3.05) is 51.4 Å². The number of halogens is 2. The lowest BCUT2D eigenvalue weighted by atomic mass is 9.85. The number of carbonyl (C=O) groups excluding carboxylic acids is 5. The fourth-order valence-electron chi connectivity index (χ4n) is 9.06. The highest BCUT2D eigenvalue weighted by molar-refractivity contribution is 7.81. The average Bonchev–Trinajstić information content (AvgIpc) is 1.47. The topological polar surface area (TPSA) is 385 Å². The van der Waals surface area contributed by atoms with E-state index < -0.39 is 108 Å². The van der Waals surface area contributed by atoms with Crippen molar-refractivity contribution < 1.29 is 107 Å². The molecule has 0 saturated carbocycles. The third kappa shape index (κ3) is 20.3. The fourth-order valence-corrected chi connectivity index (χ4v) is 9.35. The maximum atomic E-state index is 15.7. The van der Waals surface area contributed by atoms with E-state index in [-0.39, 0.29) is 128 Å². The number of fused-ring (bicyclic) bond motifs is 1. The summed E-state index contributed by atoms with van der Waals surface area (Å²) in [5.41, 5.74) is 1.62. The van der Waals surface area contributed by atoms with Gasteiger partial charge >= 0.3 is 18.2 Å². The van der Waals surface area contributed by atoms with Crippen LogP contribution in [0.15, 0.2) is 54.9 Å². The van der Waals surface area contributed by atoms with Crippen LogP contribution in [0, 0.1) is 24.0 Å². The van der Waals surface area contributed by atoms with Crippen LogP contribution in [0.4, 0.5) is 19.3 Å². The number of hydrogen-bond donors (Lipinski definition) is 11. The average molecular weight is 1320 g/mol. The predicted octanol–water partition coefficient (Wildman–Crippen LogP) is 4.02. The van der Waals surface area contributed by atoms with Gasteiger partial charge in [0, 0.05) is 67.9 Å². The highest BCUT2D eigenvalue weighted by Gasteiger charge is 2.48. The number of benzene rings is 2. The second-order valence-corrected chi connectivity index (χ2v) is 21.8. The Morgan fingerprint density at radius 3 is 2.18 bits per heavy atom. The molecule has 7 unspecified atom stereocenters. The van der Waals surface area contributed by atoms with Gasteiger partial charge in [0.1, 0.15) is 42.4 Å². The molecule has 3 aromatic heterocycles. The third-order valence-electron chi connectivity index (χ3n) is 13.9. The first-order chi connectivity index (χ1) is 43.5. The Morgan fingerprint density at radius 2 is 1.55 bits per heavy atom. The smallest absolute Gasteiger partial charge is 0.416 e. The van der Waals surface area contributed by atoms with Gasteiger partial charge in [-0.25, -0.2) is 23.9 Å². The van der Waals surface area contributed by atoms with E-state index in [0.717, 1.165) is 22.7 Å². The van der Waals surface area contributed by atoms with Crippen LogP contribution in [0.2, 0.25) is 0 Å².